The summed E-state index contributed by atoms with van der Waals surface area (Å²) in [6, 6.07) is 2.99. The van der Waals surface area contributed by atoms with Gasteiger partial charge >= 0.3 is 5.97 Å². The quantitative estimate of drug-likeness (QED) is 0.852. The van der Waals surface area contributed by atoms with Crippen LogP contribution in [-0.2, 0) is 16.0 Å². The molecule has 0 aliphatic heterocycles. The molecule has 5 heteroatoms. The van der Waals surface area contributed by atoms with E-state index in [0.717, 1.165) is 4.88 Å². The number of aliphatic carboxylic acids is 1. The van der Waals surface area contributed by atoms with Gasteiger partial charge in [-0.05, 0) is 25.3 Å². The maximum atomic E-state index is 11.9. The van der Waals surface area contributed by atoms with E-state index in [1.807, 2.05) is 17.5 Å². The second-order valence-corrected chi connectivity index (χ2v) is 4.48. The fourth-order valence-corrected chi connectivity index (χ4v) is 2.16. The average Bonchev–Trinajstić information content (AvgIpc) is 2.71. The maximum absolute atomic E-state index is 11.9. The molecular formula is C11H15NO3S. The van der Waals surface area contributed by atoms with Crippen molar-refractivity contribution in [1.82, 2.24) is 4.90 Å². The lowest BCUT2D eigenvalue weighted by molar-refractivity contribution is -0.149. The van der Waals surface area contributed by atoms with Gasteiger partial charge in [0.05, 0.1) is 6.42 Å². The summed E-state index contributed by atoms with van der Waals surface area (Å²) in [5.74, 6) is -1.11. The standard InChI is InChI=1S/C11H15NO3S/c1-3-12(8(2)11(14)15)10(13)7-9-5-4-6-16-9/h4-6,8H,3,7H2,1-2H3,(H,14,15). The Morgan fingerprint density at radius 3 is 2.69 bits per heavy atom. The molecule has 4 nitrogen and oxygen atoms in total. The van der Waals surface area contributed by atoms with Gasteiger partial charge in [-0.15, -0.1) is 11.3 Å². The monoisotopic (exact) mass is 241 g/mol. The van der Waals surface area contributed by atoms with Crippen molar-refractivity contribution in [2.75, 3.05) is 6.54 Å². The van der Waals surface area contributed by atoms with Crippen LogP contribution in [0.15, 0.2) is 17.5 Å². The molecule has 1 heterocycles. The molecule has 0 aromatic carbocycles. The molecule has 1 rings (SSSR count). The van der Waals surface area contributed by atoms with Gasteiger partial charge in [-0.25, -0.2) is 4.79 Å². The molecule has 0 radical (unpaired) electrons. The molecule has 16 heavy (non-hydrogen) atoms. The third kappa shape index (κ3) is 3.06. The van der Waals surface area contributed by atoms with E-state index in [1.54, 1.807) is 6.92 Å². The molecule has 0 saturated carbocycles. The van der Waals surface area contributed by atoms with E-state index in [9.17, 15) is 9.59 Å². The predicted octanol–water partition coefficient (Wildman–Crippen LogP) is 1.61. The fraction of sp³-hybridized carbons (Fsp3) is 0.455. The minimum Gasteiger partial charge on any atom is -0.480 e. The maximum Gasteiger partial charge on any atom is 0.326 e. The first-order valence-corrected chi connectivity index (χ1v) is 5.98. The Balaban J connectivity index is 2.66. The number of amides is 1. The summed E-state index contributed by atoms with van der Waals surface area (Å²) in [5.41, 5.74) is 0. The highest BCUT2D eigenvalue weighted by atomic mass is 32.1. The first kappa shape index (κ1) is 12.7. The number of likely N-dealkylation sites (N-methyl/N-ethyl adjacent to an activating group) is 1. The summed E-state index contributed by atoms with van der Waals surface area (Å²) in [6.45, 7) is 3.72. The molecule has 1 atom stereocenters. The molecule has 0 fully saturated rings. The molecule has 1 unspecified atom stereocenters. The van der Waals surface area contributed by atoms with Gasteiger partial charge in [0.1, 0.15) is 6.04 Å². The summed E-state index contributed by atoms with van der Waals surface area (Å²) < 4.78 is 0. The minimum absolute atomic E-state index is 0.139. The van der Waals surface area contributed by atoms with Crippen LogP contribution in [0.2, 0.25) is 0 Å². The molecule has 0 aliphatic rings. The smallest absolute Gasteiger partial charge is 0.326 e. The number of carbonyl (C=O) groups excluding carboxylic acids is 1. The second-order valence-electron chi connectivity index (χ2n) is 3.45. The van der Waals surface area contributed by atoms with Crippen molar-refractivity contribution in [2.24, 2.45) is 0 Å². The third-order valence-electron chi connectivity index (χ3n) is 2.39. The van der Waals surface area contributed by atoms with Crippen LogP contribution in [0.25, 0.3) is 0 Å². The molecule has 0 saturated heterocycles. The lowest BCUT2D eigenvalue weighted by Gasteiger charge is -2.24. The van der Waals surface area contributed by atoms with Crippen LogP contribution >= 0.6 is 11.3 Å². The summed E-state index contributed by atoms with van der Waals surface area (Å²) in [4.78, 5) is 25.0. The zero-order valence-electron chi connectivity index (χ0n) is 9.34. The van der Waals surface area contributed by atoms with E-state index >= 15 is 0 Å². The Bertz CT molecular complexity index is 361. The summed E-state index contributed by atoms with van der Waals surface area (Å²) >= 11 is 1.50. The van der Waals surface area contributed by atoms with E-state index in [0.29, 0.717) is 6.54 Å². The highest BCUT2D eigenvalue weighted by Gasteiger charge is 2.23. The molecule has 0 spiro atoms. The number of hydrogen-bond donors (Lipinski definition) is 1. The molecule has 0 aliphatic carbocycles. The van der Waals surface area contributed by atoms with E-state index in [2.05, 4.69) is 0 Å². The van der Waals surface area contributed by atoms with Crippen LogP contribution in [-0.4, -0.2) is 34.5 Å². The Labute approximate surface area is 98.5 Å². The van der Waals surface area contributed by atoms with Crippen LogP contribution < -0.4 is 0 Å². The number of thiophene rings is 1. The second kappa shape index (κ2) is 5.65. The molecule has 0 bridgehead atoms. The van der Waals surface area contributed by atoms with E-state index in [-0.39, 0.29) is 12.3 Å². The van der Waals surface area contributed by atoms with Gasteiger partial charge in [0, 0.05) is 11.4 Å². The van der Waals surface area contributed by atoms with E-state index in [4.69, 9.17) is 5.11 Å². The van der Waals surface area contributed by atoms with Gasteiger partial charge in [0.15, 0.2) is 0 Å². The lowest BCUT2D eigenvalue weighted by atomic mass is 10.2. The Morgan fingerprint density at radius 2 is 2.25 bits per heavy atom. The minimum atomic E-state index is -0.971. The predicted molar refractivity (Wildman–Crippen MR) is 62.5 cm³/mol. The molecule has 1 amide bonds. The topological polar surface area (TPSA) is 57.6 Å². The molecular weight excluding hydrogens is 226 g/mol. The van der Waals surface area contributed by atoms with Crippen LogP contribution in [0.1, 0.15) is 18.7 Å². The van der Waals surface area contributed by atoms with Crippen molar-refractivity contribution in [3.05, 3.63) is 22.4 Å². The summed E-state index contributed by atoms with van der Waals surface area (Å²) in [5, 5.41) is 10.8. The highest BCUT2D eigenvalue weighted by Crippen LogP contribution is 2.12. The molecule has 1 aromatic rings. The van der Waals surface area contributed by atoms with Gasteiger partial charge in [0.25, 0.3) is 0 Å². The first-order chi connectivity index (χ1) is 7.56. The van der Waals surface area contributed by atoms with E-state index < -0.39 is 12.0 Å². The Hall–Kier alpha value is -1.36. The van der Waals surface area contributed by atoms with Crippen molar-refractivity contribution in [3.8, 4) is 0 Å². The molecule has 1 N–H and O–H groups in total. The lowest BCUT2D eigenvalue weighted by Crippen LogP contribution is -2.43. The van der Waals surface area contributed by atoms with Gasteiger partial charge in [-0.2, -0.15) is 0 Å². The zero-order chi connectivity index (χ0) is 12.1. The van der Waals surface area contributed by atoms with Gasteiger partial charge in [0.2, 0.25) is 5.91 Å². The highest BCUT2D eigenvalue weighted by molar-refractivity contribution is 7.10. The number of carboxylic acids is 1. The van der Waals surface area contributed by atoms with Crippen molar-refractivity contribution in [1.29, 1.82) is 0 Å². The SMILES string of the molecule is CCN(C(=O)Cc1cccs1)C(C)C(=O)O. The number of hydrogen-bond acceptors (Lipinski definition) is 3. The van der Waals surface area contributed by atoms with Gasteiger partial charge < -0.3 is 10.0 Å². The van der Waals surface area contributed by atoms with Gasteiger partial charge in [-0.1, -0.05) is 6.07 Å². The normalized spacial score (nSPS) is 12.1. The average molecular weight is 241 g/mol. The van der Waals surface area contributed by atoms with Crippen molar-refractivity contribution in [3.63, 3.8) is 0 Å². The number of rotatable bonds is 5. The fourth-order valence-electron chi connectivity index (χ4n) is 1.46. The van der Waals surface area contributed by atoms with Gasteiger partial charge in [-0.3, -0.25) is 4.79 Å². The number of carboxylic acid groups (broad SMARTS) is 1. The zero-order valence-corrected chi connectivity index (χ0v) is 10.2. The Morgan fingerprint density at radius 1 is 1.56 bits per heavy atom. The van der Waals surface area contributed by atoms with Crippen LogP contribution in [0.4, 0.5) is 0 Å². The molecule has 88 valence electrons. The van der Waals surface area contributed by atoms with Crippen LogP contribution in [0.5, 0.6) is 0 Å². The van der Waals surface area contributed by atoms with E-state index in [1.165, 1.54) is 23.2 Å². The van der Waals surface area contributed by atoms with Crippen molar-refractivity contribution < 1.29 is 14.7 Å². The molecule has 1 aromatic heterocycles. The van der Waals surface area contributed by atoms with Crippen molar-refractivity contribution >= 4 is 23.2 Å². The summed E-state index contributed by atoms with van der Waals surface area (Å²) in [6.07, 6.45) is 0.281. The van der Waals surface area contributed by atoms with Crippen molar-refractivity contribution in [2.45, 2.75) is 26.3 Å². The Kier molecular flexibility index (Phi) is 4.49. The largest absolute Gasteiger partial charge is 0.480 e. The first-order valence-electron chi connectivity index (χ1n) is 5.11. The summed E-state index contributed by atoms with van der Waals surface area (Å²) in [7, 11) is 0. The third-order valence-corrected chi connectivity index (χ3v) is 3.27. The number of nitrogens with zero attached hydrogens (tertiary/aromatic N) is 1. The van der Waals surface area contributed by atoms with Crippen LogP contribution in [0, 0.1) is 0 Å². The van der Waals surface area contributed by atoms with Crippen LogP contribution in [0.3, 0.4) is 0 Å². The number of carbonyl (C=O) groups is 2.